The maximum atomic E-state index is 12.9. The molecule has 0 bridgehead atoms. The van der Waals surface area contributed by atoms with Crippen LogP contribution in [0.1, 0.15) is 49.4 Å². The van der Waals surface area contributed by atoms with Crippen LogP contribution in [0.15, 0.2) is 60.7 Å². The summed E-state index contributed by atoms with van der Waals surface area (Å²) < 4.78 is 12.8. The molecule has 3 aromatic carbocycles. The molecule has 0 aliphatic carbocycles. The first-order chi connectivity index (χ1) is 20.6. The Morgan fingerprint density at radius 3 is 2.33 bits per heavy atom. The fourth-order valence-electron chi connectivity index (χ4n) is 5.50. The van der Waals surface area contributed by atoms with Crippen molar-refractivity contribution in [1.82, 2.24) is 16.0 Å². The highest BCUT2D eigenvalue weighted by molar-refractivity contribution is 5.96. The lowest BCUT2D eigenvalue weighted by atomic mass is 9.77. The van der Waals surface area contributed by atoms with E-state index in [1.165, 1.54) is 6.92 Å². The molecule has 11 nitrogen and oxygen atoms in total. The number of benzene rings is 3. The molecule has 0 saturated heterocycles. The van der Waals surface area contributed by atoms with Gasteiger partial charge in [0.2, 0.25) is 23.6 Å². The van der Waals surface area contributed by atoms with E-state index in [2.05, 4.69) is 21.3 Å². The van der Waals surface area contributed by atoms with Gasteiger partial charge in [-0.1, -0.05) is 38.1 Å². The van der Waals surface area contributed by atoms with Gasteiger partial charge in [0.25, 0.3) is 0 Å². The molecule has 5 rings (SSSR count). The van der Waals surface area contributed by atoms with Gasteiger partial charge in [-0.25, -0.2) is 0 Å². The molecule has 0 fully saturated rings. The van der Waals surface area contributed by atoms with Gasteiger partial charge in [0.15, 0.2) is 5.60 Å². The molecule has 3 aromatic rings. The number of nitrogens with one attached hydrogen (secondary N) is 4. The molecule has 11 heteroatoms. The average Bonchev–Trinajstić information content (AvgIpc) is 3.34. The molecule has 2 atom stereocenters. The van der Waals surface area contributed by atoms with Crippen LogP contribution >= 0.6 is 0 Å². The van der Waals surface area contributed by atoms with Crippen molar-refractivity contribution in [2.45, 2.75) is 45.4 Å². The highest BCUT2D eigenvalue weighted by Crippen LogP contribution is 2.56. The van der Waals surface area contributed by atoms with E-state index in [-0.39, 0.29) is 24.9 Å². The summed E-state index contributed by atoms with van der Waals surface area (Å²) in [5.74, 6) is -0.633. The van der Waals surface area contributed by atoms with Crippen LogP contribution in [0.2, 0.25) is 0 Å². The third-order valence-electron chi connectivity index (χ3n) is 7.37. The minimum atomic E-state index is -0.889. The van der Waals surface area contributed by atoms with Crippen LogP contribution in [0.3, 0.4) is 0 Å². The molecule has 0 aromatic heterocycles. The summed E-state index contributed by atoms with van der Waals surface area (Å²) in [6.45, 7) is 5.00. The number of fused-ring (bicyclic) bond motifs is 6. The molecular formula is C32H35N5O6. The van der Waals surface area contributed by atoms with E-state index in [1.54, 1.807) is 18.2 Å². The van der Waals surface area contributed by atoms with Gasteiger partial charge in [0, 0.05) is 41.6 Å². The Kier molecular flexibility index (Phi) is 8.36. The number of nitrogen functional groups attached to an aromatic ring is 1. The number of nitrogens with two attached hydrogens (primary N) is 1. The smallest absolute Gasteiger partial charge is 0.243 e. The second kappa shape index (κ2) is 12.1. The van der Waals surface area contributed by atoms with Gasteiger partial charge in [0.1, 0.15) is 17.5 Å². The van der Waals surface area contributed by atoms with E-state index in [9.17, 15) is 19.2 Å². The third kappa shape index (κ3) is 6.17. The summed E-state index contributed by atoms with van der Waals surface area (Å²) in [7, 11) is 0. The summed E-state index contributed by atoms with van der Waals surface area (Å²) in [6.07, 6.45) is 0.361. The van der Waals surface area contributed by atoms with E-state index >= 15 is 0 Å². The Labute approximate surface area is 249 Å². The maximum absolute atomic E-state index is 12.9. The number of hydrogen-bond acceptors (Lipinski definition) is 7. The highest BCUT2D eigenvalue weighted by atomic mass is 16.5. The van der Waals surface area contributed by atoms with Crippen molar-refractivity contribution in [2.24, 2.45) is 5.92 Å². The van der Waals surface area contributed by atoms with Crippen molar-refractivity contribution >= 4 is 35.0 Å². The lowest BCUT2D eigenvalue weighted by Gasteiger charge is -2.37. The molecule has 224 valence electrons. The largest absolute Gasteiger partial charge is 0.456 e. The number of amides is 4. The normalized spacial score (nSPS) is 16.7. The molecular weight excluding hydrogens is 550 g/mol. The first-order valence-electron chi connectivity index (χ1n) is 14.1. The van der Waals surface area contributed by atoms with Crippen LogP contribution in [0, 0.1) is 5.92 Å². The third-order valence-corrected chi connectivity index (χ3v) is 7.37. The highest BCUT2D eigenvalue weighted by Gasteiger charge is 2.49. The first-order valence-corrected chi connectivity index (χ1v) is 14.1. The summed E-state index contributed by atoms with van der Waals surface area (Å²) >= 11 is 0. The number of ether oxygens (including phenoxy) is 2. The Morgan fingerprint density at radius 1 is 0.884 bits per heavy atom. The summed E-state index contributed by atoms with van der Waals surface area (Å²) in [4.78, 5) is 49.0. The summed E-state index contributed by atoms with van der Waals surface area (Å²) in [5, 5.41) is 10.4. The number of carbonyl (C=O) groups excluding carboxylic acids is 4. The van der Waals surface area contributed by atoms with Crippen molar-refractivity contribution in [1.29, 1.82) is 0 Å². The monoisotopic (exact) mass is 585 g/mol. The van der Waals surface area contributed by atoms with Crippen molar-refractivity contribution < 1.29 is 28.7 Å². The Hall–Kier alpha value is -4.90. The lowest BCUT2D eigenvalue weighted by Crippen LogP contribution is -2.51. The molecule has 2 heterocycles. The number of anilines is 2. The van der Waals surface area contributed by atoms with Crippen LogP contribution in [0.5, 0.6) is 11.5 Å². The van der Waals surface area contributed by atoms with Gasteiger partial charge in [-0.05, 0) is 47.7 Å². The second-order valence-electron chi connectivity index (χ2n) is 11.1. The van der Waals surface area contributed by atoms with E-state index in [4.69, 9.17) is 15.2 Å². The van der Waals surface area contributed by atoms with E-state index in [1.807, 2.05) is 56.3 Å². The van der Waals surface area contributed by atoms with Crippen LogP contribution in [0.25, 0.3) is 0 Å². The Morgan fingerprint density at radius 2 is 1.58 bits per heavy atom. The standard InChI is InChI=1S/C32H35N5O6/c1-18(2)12-26(37-30(40)15-34-19(3)38)31(41)35-16-29(39)36-22-9-11-25-28(14-22)43-27-13-21(33)8-10-24(27)32(25)23-7-5-4-6-20(23)17-42-32/h4-11,13-14,18,26H,12,15-17,33H2,1-3H3,(H,34,38)(H,35,41)(H,36,39)(H,37,40)/t26-,32?/m0/s1. The van der Waals surface area contributed by atoms with Crippen molar-refractivity contribution in [2.75, 3.05) is 24.1 Å². The Bertz CT molecular complexity index is 1590. The van der Waals surface area contributed by atoms with Gasteiger partial charge in [-0.2, -0.15) is 0 Å². The average molecular weight is 586 g/mol. The van der Waals surface area contributed by atoms with E-state index in [0.717, 1.165) is 22.3 Å². The topological polar surface area (TPSA) is 161 Å². The lowest BCUT2D eigenvalue weighted by molar-refractivity contribution is -0.130. The molecule has 2 aliphatic heterocycles. The first kappa shape index (κ1) is 29.6. The molecule has 6 N–H and O–H groups in total. The number of hydrogen-bond donors (Lipinski definition) is 5. The van der Waals surface area contributed by atoms with Gasteiger partial charge in [0.05, 0.1) is 19.7 Å². The number of carbonyl (C=O) groups is 4. The molecule has 4 amide bonds. The van der Waals surface area contributed by atoms with Crippen LogP contribution in [-0.2, 0) is 36.1 Å². The maximum Gasteiger partial charge on any atom is 0.243 e. The van der Waals surface area contributed by atoms with Crippen LogP contribution in [-0.4, -0.2) is 42.8 Å². The van der Waals surface area contributed by atoms with E-state index < -0.39 is 29.4 Å². The summed E-state index contributed by atoms with van der Waals surface area (Å²) in [6, 6.07) is 18.0. The van der Waals surface area contributed by atoms with Crippen molar-refractivity contribution in [3.05, 3.63) is 82.9 Å². The molecule has 0 saturated carbocycles. The predicted molar refractivity (Wildman–Crippen MR) is 160 cm³/mol. The Balaban J connectivity index is 1.30. The second-order valence-corrected chi connectivity index (χ2v) is 11.1. The molecule has 0 radical (unpaired) electrons. The predicted octanol–water partition coefficient (Wildman–Crippen LogP) is 2.92. The van der Waals surface area contributed by atoms with Crippen LogP contribution in [0.4, 0.5) is 11.4 Å². The molecule has 2 aliphatic rings. The molecule has 1 unspecified atom stereocenters. The van der Waals surface area contributed by atoms with Crippen molar-refractivity contribution in [3.8, 4) is 11.5 Å². The fraction of sp³-hybridized carbons (Fsp3) is 0.312. The number of rotatable bonds is 9. The van der Waals surface area contributed by atoms with E-state index in [0.29, 0.717) is 35.9 Å². The zero-order chi connectivity index (χ0) is 30.7. The minimum absolute atomic E-state index is 0.0979. The zero-order valence-corrected chi connectivity index (χ0v) is 24.3. The van der Waals surface area contributed by atoms with Gasteiger partial charge < -0.3 is 36.5 Å². The van der Waals surface area contributed by atoms with Gasteiger partial charge >= 0.3 is 0 Å². The molecule has 1 spiro atoms. The molecule has 43 heavy (non-hydrogen) atoms. The fourth-order valence-corrected chi connectivity index (χ4v) is 5.50. The summed E-state index contributed by atoms with van der Waals surface area (Å²) in [5.41, 5.74) is 9.95. The van der Waals surface area contributed by atoms with Gasteiger partial charge in [-0.3, -0.25) is 19.2 Å². The van der Waals surface area contributed by atoms with Gasteiger partial charge in [-0.15, -0.1) is 0 Å². The quantitative estimate of drug-likeness (QED) is 0.241. The minimum Gasteiger partial charge on any atom is -0.456 e. The van der Waals surface area contributed by atoms with Crippen molar-refractivity contribution in [3.63, 3.8) is 0 Å². The SMILES string of the molecule is CC(=O)NCC(=O)N[C@@H](CC(C)C)C(=O)NCC(=O)Nc1ccc2c(c1)Oc1cc(N)ccc1C21OCc2ccccc21. The zero-order valence-electron chi connectivity index (χ0n) is 24.3. The van der Waals surface area contributed by atoms with Crippen LogP contribution < -0.4 is 31.7 Å².